The SMILES string of the molecule is CCCCCCC[n+]1c(NCc2cc(Br)cc(Br)c2O)[nH]c2ccccc21. The van der Waals surface area contributed by atoms with Crippen molar-refractivity contribution in [3.63, 3.8) is 0 Å². The van der Waals surface area contributed by atoms with Gasteiger partial charge in [0.05, 0.1) is 17.6 Å². The van der Waals surface area contributed by atoms with Crippen molar-refractivity contribution in [3.8, 4) is 5.75 Å². The number of halogens is 2. The molecule has 0 aliphatic rings. The van der Waals surface area contributed by atoms with E-state index in [1.165, 1.54) is 31.2 Å². The highest BCUT2D eigenvalue weighted by Crippen LogP contribution is 2.32. The minimum absolute atomic E-state index is 0.271. The van der Waals surface area contributed by atoms with Crippen molar-refractivity contribution >= 4 is 48.8 Å². The number of hydrogen-bond donors (Lipinski definition) is 3. The molecule has 6 heteroatoms. The number of imidazole rings is 1. The second-order valence-electron chi connectivity index (χ2n) is 6.81. The van der Waals surface area contributed by atoms with Gasteiger partial charge in [-0.3, -0.25) is 5.32 Å². The first kappa shape index (κ1) is 20.2. The molecule has 4 nitrogen and oxygen atoms in total. The van der Waals surface area contributed by atoms with Crippen LogP contribution in [0.15, 0.2) is 45.3 Å². The topological polar surface area (TPSA) is 51.9 Å². The third-order valence-electron chi connectivity index (χ3n) is 4.76. The zero-order valence-electron chi connectivity index (χ0n) is 15.6. The van der Waals surface area contributed by atoms with Gasteiger partial charge in [0.25, 0.3) is 0 Å². The first-order chi connectivity index (χ1) is 13.1. The number of para-hydroxylation sites is 2. The fourth-order valence-electron chi connectivity index (χ4n) is 3.31. The van der Waals surface area contributed by atoms with Gasteiger partial charge in [0.2, 0.25) is 0 Å². The monoisotopic (exact) mass is 494 g/mol. The Balaban J connectivity index is 1.78. The highest BCUT2D eigenvalue weighted by atomic mass is 79.9. The van der Waals surface area contributed by atoms with Crippen molar-refractivity contribution in [1.82, 2.24) is 4.98 Å². The van der Waals surface area contributed by atoms with E-state index in [1.54, 1.807) is 0 Å². The molecule has 3 aromatic rings. The summed E-state index contributed by atoms with van der Waals surface area (Å²) in [5, 5.41) is 13.8. The van der Waals surface area contributed by atoms with Gasteiger partial charge in [0, 0.05) is 10.0 Å². The smallest absolute Gasteiger partial charge is 0.356 e. The summed E-state index contributed by atoms with van der Waals surface area (Å²) >= 11 is 6.89. The molecule has 0 aliphatic heterocycles. The second-order valence-corrected chi connectivity index (χ2v) is 8.58. The Bertz CT molecular complexity index is 908. The average molecular weight is 496 g/mol. The molecule has 0 saturated heterocycles. The number of benzene rings is 2. The molecule has 0 amide bonds. The fourth-order valence-corrected chi connectivity index (χ4v) is 4.62. The second kappa shape index (κ2) is 9.60. The number of aromatic nitrogens is 2. The number of fused-ring (bicyclic) bond motifs is 1. The maximum atomic E-state index is 10.3. The van der Waals surface area contributed by atoms with Gasteiger partial charge in [0.15, 0.2) is 0 Å². The number of phenols is 1. The number of aryl methyl sites for hydroxylation is 1. The molecular formula is C21H26Br2N3O+. The molecule has 0 aliphatic carbocycles. The molecule has 2 aromatic carbocycles. The number of unbranched alkanes of at least 4 members (excludes halogenated alkanes) is 4. The third kappa shape index (κ3) is 5.05. The van der Waals surface area contributed by atoms with Gasteiger partial charge >= 0.3 is 5.95 Å². The molecule has 0 unspecified atom stereocenters. The summed E-state index contributed by atoms with van der Waals surface area (Å²) in [6.07, 6.45) is 6.27. The summed E-state index contributed by atoms with van der Waals surface area (Å²) in [5.74, 6) is 1.25. The quantitative estimate of drug-likeness (QED) is 0.242. The highest BCUT2D eigenvalue weighted by molar-refractivity contribution is 9.11. The zero-order chi connectivity index (χ0) is 19.2. The van der Waals surface area contributed by atoms with Gasteiger partial charge in [-0.25, -0.2) is 9.55 Å². The van der Waals surface area contributed by atoms with Crippen LogP contribution in [0.4, 0.5) is 5.95 Å². The molecule has 0 atom stereocenters. The maximum absolute atomic E-state index is 10.3. The highest BCUT2D eigenvalue weighted by Gasteiger charge is 2.17. The molecule has 0 fully saturated rings. The number of H-pyrrole nitrogens is 1. The molecule has 0 spiro atoms. The summed E-state index contributed by atoms with van der Waals surface area (Å²) in [6, 6.07) is 12.1. The molecular weight excluding hydrogens is 470 g/mol. The molecule has 0 radical (unpaired) electrons. The van der Waals surface area contributed by atoms with Gasteiger partial charge in [-0.1, -0.05) is 60.7 Å². The summed E-state index contributed by atoms with van der Waals surface area (Å²) in [7, 11) is 0. The number of nitrogens with one attached hydrogen (secondary N) is 2. The van der Waals surface area contributed by atoms with E-state index >= 15 is 0 Å². The Labute approximate surface area is 177 Å². The van der Waals surface area contributed by atoms with E-state index in [4.69, 9.17) is 0 Å². The van der Waals surface area contributed by atoms with Gasteiger partial charge < -0.3 is 5.11 Å². The minimum atomic E-state index is 0.271. The molecule has 3 rings (SSSR count). The Kier molecular flexibility index (Phi) is 7.19. The van der Waals surface area contributed by atoms with Gasteiger partial charge in [-0.05, 0) is 46.6 Å². The predicted molar refractivity (Wildman–Crippen MR) is 118 cm³/mol. The van der Waals surface area contributed by atoms with Gasteiger partial charge in [0.1, 0.15) is 16.8 Å². The van der Waals surface area contributed by atoms with E-state index in [1.807, 2.05) is 18.2 Å². The van der Waals surface area contributed by atoms with Crippen LogP contribution < -0.4 is 9.88 Å². The molecule has 0 bridgehead atoms. The number of nitrogens with zero attached hydrogens (tertiary/aromatic N) is 1. The number of phenolic OH excluding ortho intramolecular Hbond substituents is 1. The first-order valence-corrected chi connectivity index (χ1v) is 11.1. The Hall–Kier alpha value is -1.53. The lowest BCUT2D eigenvalue weighted by molar-refractivity contribution is -0.657. The molecule has 1 aromatic heterocycles. The van der Waals surface area contributed by atoms with E-state index in [0.717, 1.165) is 34.5 Å². The molecule has 27 heavy (non-hydrogen) atoms. The minimum Gasteiger partial charge on any atom is -0.506 e. The predicted octanol–water partition coefficient (Wildman–Crippen LogP) is 6.27. The van der Waals surface area contributed by atoms with Crippen molar-refractivity contribution < 1.29 is 9.67 Å². The van der Waals surface area contributed by atoms with E-state index in [-0.39, 0.29) is 5.75 Å². The van der Waals surface area contributed by atoms with E-state index < -0.39 is 0 Å². The van der Waals surface area contributed by atoms with E-state index in [0.29, 0.717) is 11.0 Å². The largest absolute Gasteiger partial charge is 0.506 e. The van der Waals surface area contributed by atoms with Crippen LogP contribution in [-0.2, 0) is 13.1 Å². The van der Waals surface area contributed by atoms with Crippen molar-refractivity contribution in [2.75, 3.05) is 5.32 Å². The van der Waals surface area contributed by atoms with Crippen LogP contribution in [0.25, 0.3) is 11.0 Å². The number of hydrogen-bond acceptors (Lipinski definition) is 2. The lowest BCUT2D eigenvalue weighted by Crippen LogP contribution is -2.36. The lowest BCUT2D eigenvalue weighted by Gasteiger charge is -2.08. The van der Waals surface area contributed by atoms with Crippen molar-refractivity contribution in [2.24, 2.45) is 0 Å². The van der Waals surface area contributed by atoms with Crippen molar-refractivity contribution in [3.05, 3.63) is 50.9 Å². The Morgan fingerprint density at radius 3 is 2.67 bits per heavy atom. The summed E-state index contributed by atoms with van der Waals surface area (Å²) in [4.78, 5) is 3.48. The van der Waals surface area contributed by atoms with Crippen LogP contribution in [0.3, 0.4) is 0 Å². The molecule has 144 valence electrons. The fraction of sp³-hybridized carbons (Fsp3) is 0.381. The standard InChI is InChI=1S/C21H25Br2N3O/c1-2-3-4-5-8-11-26-19-10-7-6-9-18(19)25-21(26)24-14-15-12-16(22)13-17(23)20(15)27/h6-7,9-10,12-13H,2-5,8,11,14H2,1H3,(H2,24,25,27)/p+1. The maximum Gasteiger partial charge on any atom is 0.356 e. The molecule has 1 heterocycles. The normalized spacial score (nSPS) is 11.2. The molecule has 0 saturated carbocycles. The number of anilines is 1. The summed E-state index contributed by atoms with van der Waals surface area (Å²) in [5.41, 5.74) is 3.16. The number of aromatic hydroxyl groups is 1. The number of rotatable bonds is 9. The number of aromatic amines is 1. The average Bonchev–Trinajstić information content (AvgIpc) is 3.01. The third-order valence-corrected chi connectivity index (χ3v) is 5.82. The van der Waals surface area contributed by atoms with Crippen LogP contribution in [-0.4, -0.2) is 10.1 Å². The Morgan fingerprint density at radius 2 is 1.85 bits per heavy atom. The van der Waals surface area contributed by atoms with Gasteiger partial charge in [-0.2, -0.15) is 0 Å². The summed E-state index contributed by atoms with van der Waals surface area (Å²) < 4.78 is 3.93. The van der Waals surface area contributed by atoms with Crippen LogP contribution in [0.2, 0.25) is 0 Å². The Morgan fingerprint density at radius 1 is 1.07 bits per heavy atom. The van der Waals surface area contributed by atoms with E-state index in [9.17, 15) is 5.11 Å². The zero-order valence-corrected chi connectivity index (χ0v) is 18.7. The molecule has 3 N–H and O–H groups in total. The van der Waals surface area contributed by atoms with Gasteiger partial charge in [-0.15, -0.1) is 0 Å². The van der Waals surface area contributed by atoms with Crippen LogP contribution in [0.5, 0.6) is 5.75 Å². The first-order valence-electron chi connectivity index (χ1n) is 9.51. The van der Waals surface area contributed by atoms with Crippen LogP contribution in [0, 0.1) is 0 Å². The van der Waals surface area contributed by atoms with E-state index in [2.05, 4.69) is 71.9 Å². The lowest BCUT2D eigenvalue weighted by atomic mass is 10.1. The van der Waals surface area contributed by atoms with Crippen molar-refractivity contribution in [1.29, 1.82) is 0 Å². The summed E-state index contributed by atoms with van der Waals surface area (Å²) in [6.45, 7) is 3.75. The van der Waals surface area contributed by atoms with Crippen LogP contribution in [0.1, 0.15) is 44.6 Å². The van der Waals surface area contributed by atoms with Crippen molar-refractivity contribution in [2.45, 2.75) is 52.1 Å². The van der Waals surface area contributed by atoms with Crippen LogP contribution >= 0.6 is 31.9 Å².